The monoisotopic (exact) mass is 269 g/mol. The second-order valence-corrected chi connectivity index (χ2v) is 5.02. The maximum Gasteiger partial charge on any atom is 0.309 e. The minimum Gasteiger partial charge on any atom is -0.466 e. The minimum absolute atomic E-state index is 0.0325. The van der Waals surface area contributed by atoms with Gasteiger partial charge in [0, 0.05) is 0 Å². The fraction of sp³-hybridized carbons (Fsp3) is 0.250. The molecule has 0 saturated heterocycles. The standard InChI is InChI=1S/C12H15NO4S/c1-2-17-12(14)9-5-7-10-6-3-4-8-11(10)18(13,15)16/h3-8H,2,9H2,1H3,(H2,13,15,16). The van der Waals surface area contributed by atoms with Gasteiger partial charge in [-0.15, -0.1) is 0 Å². The van der Waals surface area contributed by atoms with Crippen molar-refractivity contribution in [2.75, 3.05) is 6.61 Å². The molecular weight excluding hydrogens is 254 g/mol. The third-order valence-corrected chi connectivity index (χ3v) is 3.10. The van der Waals surface area contributed by atoms with Crippen LogP contribution in [0.4, 0.5) is 0 Å². The molecule has 0 aliphatic rings. The van der Waals surface area contributed by atoms with Gasteiger partial charge in [0.15, 0.2) is 0 Å². The van der Waals surface area contributed by atoms with E-state index in [1.165, 1.54) is 12.1 Å². The summed E-state index contributed by atoms with van der Waals surface area (Å²) in [5.74, 6) is -0.359. The lowest BCUT2D eigenvalue weighted by Gasteiger charge is -2.02. The lowest BCUT2D eigenvalue weighted by molar-refractivity contribution is -0.142. The summed E-state index contributed by atoms with van der Waals surface area (Å²) >= 11 is 0. The van der Waals surface area contributed by atoms with Gasteiger partial charge < -0.3 is 4.74 Å². The topological polar surface area (TPSA) is 86.5 Å². The van der Waals surface area contributed by atoms with Crippen molar-refractivity contribution in [2.24, 2.45) is 5.14 Å². The average Bonchev–Trinajstić information content (AvgIpc) is 2.28. The number of ether oxygens (including phenoxy) is 1. The molecule has 18 heavy (non-hydrogen) atoms. The quantitative estimate of drug-likeness (QED) is 0.816. The zero-order chi connectivity index (χ0) is 13.6. The Balaban J connectivity index is 2.86. The SMILES string of the molecule is CCOC(=O)CC=Cc1ccccc1S(N)(=O)=O. The molecule has 1 aromatic carbocycles. The van der Waals surface area contributed by atoms with Crippen LogP contribution in [0.25, 0.3) is 6.08 Å². The van der Waals surface area contributed by atoms with E-state index in [1.54, 1.807) is 31.2 Å². The van der Waals surface area contributed by atoms with E-state index in [-0.39, 0.29) is 17.3 Å². The van der Waals surface area contributed by atoms with Crippen molar-refractivity contribution in [3.63, 3.8) is 0 Å². The third-order valence-electron chi connectivity index (χ3n) is 2.11. The van der Waals surface area contributed by atoms with Gasteiger partial charge in [0.2, 0.25) is 10.0 Å². The first kappa shape index (κ1) is 14.4. The first-order valence-corrected chi connectivity index (χ1v) is 6.93. The Morgan fingerprint density at radius 3 is 2.67 bits per heavy atom. The number of carbonyl (C=O) groups is 1. The highest BCUT2D eigenvalue weighted by Crippen LogP contribution is 2.15. The van der Waals surface area contributed by atoms with E-state index in [0.717, 1.165) is 0 Å². The van der Waals surface area contributed by atoms with E-state index in [9.17, 15) is 13.2 Å². The molecule has 0 atom stereocenters. The summed E-state index contributed by atoms with van der Waals surface area (Å²) < 4.78 is 27.4. The lowest BCUT2D eigenvalue weighted by atomic mass is 10.2. The van der Waals surface area contributed by atoms with E-state index in [2.05, 4.69) is 0 Å². The van der Waals surface area contributed by atoms with Gasteiger partial charge in [-0.3, -0.25) is 4.79 Å². The number of hydrogen-bond donors (Lipinski definition) is 1. The number of nitrogens with two attached hydrogens (primary N) is 1. The molecule has 1 rings (SSSR count). The van der Waals surface area contributed by atoms with Gasteiger partial charge in [0.25, 0.3) is 0 Å². The Labute approximate surface area is 106 Å². The molecule has 98 valence electrons. The maximum atomic E-state index is 11.3. The van der Waals surface area contributed by atoms with Crippen LogP contribution >= 0.6 is 0 Å². The Bertz CT molecular complexity index is 549. The number of esters is 1. The van der Waals surface area contributed by atoms with Gasteiger partial charge in [-0.05, 0) is 18.6 Å². The van der Waals surface area contributed by atoms with Crippen molar-refractivity contribution in [3.8, 4) is 0 Å². The van der Waals surface area contributed by atoms with Crippen LogP contribution in [0.3, 0.4) is 0 Å². The highest BCUT2D eigenvalue weighted by Gasteiger charge is 2.10. The predicted molar refractivity (Wildman–Crippen MR) is 68.1 cm³/mol. The fourth-order valence-corrected chi connectivity index (χ4v) is 2.11. The molecule has 0 spiro atoms. The van der Waals surface area contributed by atoms with Gasteiger partial charge in [0.05, 0.1) is 17.9 Å². The van der Waals surface area contributed by atoms with Gasteiger partial charge in [0.1, 0.15) is 0 Å². The summed E-state index contributed by atoms with van der Waals surface area (Å²) in [5, 5.41) is 5.08. The molecule has 0 heterocycles. The smallest absolute Gasteiger partial charge is 0.309 e. The van der Waals surface area contributed by atoms with Crippen LogP contribution in [0.15, 0.2) is 35.2 Å². The molecule has 1 aromatic rings. The lowest BCUT2D eigenvalue weighted by Crippen LogP contribution is -2.13. The summed E-state index contributed by atoms with van der Waals surface area (Å²) in [5.41, 5.74) is 0.448. The Morgan fingerprint density at radius 1 is 1.39 bits per heavy atom. The maximum absolute atomic E-state index is 11.3. The largest absolute Gasteiger partial charge is 0.466 e. The summed E-state index contributed by atoms with van der Waals surface area (Å²) in [6, 6.07) is 6.31. The number of carbonyl (C=O) groups excluding carboxylic acids is 1. The van der Waals surface area contributed by atoms with Crippen LogP contribution in [0.5, 0.6) is 0 Å². The second kappa shape index (κ2) is 6.32. The minimum atomic E-state index is -3.76. The van der Waals surface area contributed by atoms with Crippen molar-refractivity contribution >= 4 is 22.1 Å². The van der Waals surface area contributed by atoms with Crippen LogP contribution < -0.4 is 5.14 Å². The van der Waals surface area contributed by atoms with E-state index in [0.29, 0.717) is 12.2 Å². The first-order valence-electron chi connectivity index (χ1n) is 5.39. The summed E-state index contributed by atoms with van der Waals surface area (Å²) in [4.78, 5) is 11.1. The molecule has 0 amide bonds. The molecular formula is C12H15NO4S. The number of hydrogen-bond acceptors (Lipinski definition) is 4. The summed E-state index contributed by atoms with van der Waals surface area (Å²) in [6.07, 6.45) is 3.17. The normalized spacial score (nSPS) is 11.7. The van der Waals surface area contributed by atoms with E-state index in [4.69, 9.17) is 9.88 Å². The summed E-state index contributed by atoms with van der Waals surface area (Å²) in [7, 11) is -3.76. The van der Waals surface area contributed by atoms with E-state index >= 15 is 0 Å². The number of rotatable bonds is 5. The van der Waals surface area contributed by atoms with Gasteiger partial charge in [-0.1, -0.05) is 30.4 Å². The molecule has 0 aliphatic carbocycles. The molecule has 0 aliphatic heterocycles. The number of sulfonamides is 1. The zero-order valence-corrected chi connectivity index (χ0v) is 10.8. The molecule has 0 radical (unpaired) electrons. The first-order chi connectivity index (χ1) is 8.45. The second-order valence-electron chi connectivity index (χ2n) is 3.49. The highest BCUT2D eigenvalue weighted by molar-refractivity contribution is 7.89. The van der Waals surface area contributed by atoms with Crippen LogP contribution in [-0.2, 0) is 19.6 Å². The van der Waals surface area contributed by atoms with Crippen LogP contribution in [0.1, 0.15) is 18.9 Å². The fourth-order valence-electron chi connectivity index (χ4n) is 1.38. The van der Waals surface area contributed by atoms with Crippen molar-refractivity contribution < 1.29 is 17.9 Å². The van der Waals surface area contributed by atoms with Crippen LogP contribution in [0.2, 0.25) is 0 Å². The highest BCUT2D eigenvalue weighted by atomic mass is 32.2. The Morgan fingerprint density at radius 2 is 2.06 bits per heavy atom. The molecule has 2 N–H and O–H groups in total. The van der Waals surface area contributed by atoms with Crippen LogP contribution in [-0.4, -0.2) is 21.0 Å². The van der Waals surface area contributed by atoms with Gasteiger partial charge in [-0.25, -0.2) is 13.6 Å². The van der Waals surface area contributed by atoms with Crippen LogP contribution in [0, 0.1) is 0 Å². The van der Waals surface area contributed by atoms with E-state index < -0.39 is 10.0 Å². The number of benzene rings is 1. The van der Waals surface area contributed by atoms with Gasteiger partial charge in [-0.2, -0.15) is 0 Å². The van der Waals surface area contributed by atoms with Crippen molar-refractivity contribution in [2.45, 2.75) is 18.2 Å². The predicted octanol–water partition coefficient (Wildman–Crippen LogP) is 1.30. The van der Waals surface area contributed by atoms with Gasteiger partial charge >= 0.3 is 5.97 Å². The summed E-state index contributed by atoms with van der Waals surface area (Å²) in [6.45, 7) is 2.04. The van der Waals surface area contributed by atoms with Crippen molar-refractivity contribution in [1.29, 1.82) is 0 Å². The molecule has 6 heteroatoms. The third kappa shape index (κ3) is 4.31. The Kier molecular flexibility index (Phi) is 5.06. The molecule has 5 nitrogen and oxygen atoms in total. The average molecular weight is 269 g/mol. The Hall–Kier alpha value is -1.66. The molecule has 0 saturated carbocycles. The zero-order valence-electron chi connectivity index (χ0n) is 10.00. The van der Waals surface area contributed by atoms with Crippen molar-refractivity contribution in [3.05, 3.63) is 35.9 Å². The molecule has 0 bridgehead atoms. The molecule has 0 unspecified atom stereocenters. The molecule has 0 fully saturated rings. The number of primary sulfonamides is 1. The van der Waals surface area contributed by atoms with E-state index in [1.807, 2.05) is 0 Å². The molecule has 0 aromatic heterocycles. The van der Waals surface area contributed by atoms with Crippen molar-refractivity contribution in [1.82, 2.24) is 0 Å².